The van der Waals surface area contributed by atoms with E-state index in [4.69, 9.17) is 40.2 Å². The van der Waals surface area contributed by atoms with Crippen molar-refractivity contribution < 1.29 is 9.53 Å². The number of amides is 1. The molecular weight excluding hydrogens is 379 g/mol. The third-order valence-corrected chi connectivity index (χ3v) is 4.27. The van der Waals surface area contributed by atoms with E-state index in [2.05, 4.69) is 10.6 Å². The van der Waals surface area contributed by atoms with Crippen LogP contribution in [0.1, 0.15) is 30.6 Å². The third-order valence-electron chi connectivity index (χ3n) is 3.44. The number of para-hydroxylation sites is 1. The zero-order valence-electron chi connectivity index (χ0n) is 13.8. The van der Waals surface area contributed by atoms with Gasteiger partial charge in [0, 0.05) is 5.56 Å². The average Bonchev–Trinajstić information content (AvgIpc) is 2.58. The van der Waals surface area contributed by atoms with E-state index in [1.807, 2.05) is 19.9 Å². The molecule has 0 saturated carbocycles. The van der Waals surface area contributed by atoms with Crippen molar-refractivity contribution in [3.63, 3.8) is 0 Å². The molecule has 2 N–H and O–H groups in total. The minimum Gasteiger partial charge on any atom is -0.491 e. The summed E-state index contributed by atoms with van der Waals surface area (Å²) in [6, 6.07) is 12.0. The summed E-state index contributed by atoms with van der Waals surface area (Å²) in [5.41, 5.74) is 0.889. The molecule has 1 unspecified atom stereocenters. The number of rotatable bonds is 5. The maximum Gasteiger partial charge on any atom is 0.257 e. The van der Waals surface area contributed by atoms with E-state index in [0.29, 0.717) is 27.0 Å². The molecule has 0 fully saturated rings. The van der Waals surface area contributed by atoms with Gasteiger partial charge in [0.15, 0.2) is 5.11 Å². The van der Waals surface area contributed by atoms with Gasteiger partial charge < -0.3 is 10.1 Å². The van der Waals surface area contributed by atoms with Gasteiger partial charge in [-0.15, -0.1) is 0 Å². The van der Waals surface area contributed by atoms with Gasteiger partial charge in [-0.05, 0) is 55.9 Å². The molecule has 4 nitrogen and oxygen atoms in total. The molecule has 2 aromatic carbocycles. The SMILES string of the molecule is CCC(C)Oc1cccc(C(=O)NC(=S)Nc2c(Cl)cccc2Cl)c1. The van der Waals surface area contributed by atoms with Crippen LogP contribution in [0.4, 0.5) is 5.69 Å². The van der Waals surface area contributed by atoms with Crippen molar-refractivity contribution in [3.05, 3.63) is 58.1 Å². The quantitative estimate of drug-likeness (QED) is 0.673. The molecule has 132 valence electrons. The van der Waals surface area contributed by atoms with Gasteiger partial charge in [-0.3, -0.25) is 10.1 Å². The molecule has 1 amide bonds. The highest BCUT2D eigenvalue weighted by Crippen LogP contribution is 2.29. The van der Waals surface area contributed by atoms with Crippen LogP contribution >= 0.6 is 35.4 Å². The summed E-state index contributed by atoms with van der Waals surface area (Å²) < 4.78 is 5.72. The van der Waals surface area contributed by atoms with E-state index < -0.39 is 0 Å². The Bertz CT molecular complexity index is 763. The number of carbonyl (C=O) groups is 1. The van der Waals surface area contributed by atoms with Crippen molar-refractivity contribution >= 4 is 52.1 Å². The molecule has 0 radical (unpaired) electrons. The lowest BCUT2D eigenvalue weighted by atomic mass is 10.2. The highest BCUT2D eigenvalue weighted by atomic mass is 35.5. The minimum absolute atomic E-state index is 0.0726. The molecule has 0 saturated heterocycles. The van der Waals surface area contributed by atoms with Crippen LogP contribution in [-0.4, -0.2) is 17.1 Å². The van der Waals surface area contributed by atoms with Gasteiger partial charge in [0.25, 0.3) is 5.91 Å². The van der Waals surface area contributed by atoms with E-state index >= 15 is 0 Å². The normalized spacial score (nSPS) is 11.5. The number of hydrogen-bond acceptors (Lipinski definition) is 3. The molecular formula is C18H18Cl2N2O2S. The maximum absolute atomic E-state index is 12.4. The van der Waals surface area contributed by atoms with Gasteiger partial charge in [-0.25, -0.2) is 0 Å². The lowest BCUT2D eigenvalue weighted by molar-refractivity contribution is 0.0977. The summed E-state index contributed by atoms with van der Waals surface area (Å²) >= 11 is 17.3. The molecule has 0 aliphatic heterocycles. The van der Waals surface area contributed by atoms with Crippen LogP contribution in [0, 0.1) is 0 Å². The summed E-state index contributed by atoms with van der Waals surface area (Å²) in [5, 5.41) is 6.37. The van der Waals surface area contributed by atoms with Crippen LogP contribution in [0.2, 0.25) is 10.0 Å². The Balaban J connectivity index is 2.04. The summed E-state index contributed by atoms with van der Waals surface area (Å²) in [7, 11) is 0. The zero-order valence-corrected chi connectivity index (χ0v) is 16.1. The zero-order chi connectivity index (χ0) is 18.4. The fourth-order valence-corrected chi connectivity index (χ4v) is 2.65. The van der Waals surface area contributed by atoms with Gasteiger partial charge in [-0.1, -0.05) is 42.3 Å². The molecule has 1 atom stereocenters. The van der Waals surface area contributed by atoms with Crippen molar-refractivity contribution in [2.45, 2.75) is 26.4 Å². The van der Waals surface area contributed by atoms with Crippen molar-refractivity contribution in [1.29, 1.82) is 0 Å². The predicted molar refractivity (Wildman–Crippen MR) is 107 cm³/mol. The van der Waals surface area contributed by atoms with E-state index in [9.17, 15) is 4.79 Å². The number of carbonyl (C=O) groups excluding carboxylic acids is 1. The van der Waals surface area contributed by atoms with Crippen LogP contribution < -0.4 is 15.4 Å². The minimum atomic E-state index is -0.352. The molecule has 0 aliphatic carbocycles. The van der Waals surface area contributed by atoms with Crippen molar-refractivity contribution in [2.24, 2.45) is 0 Å². The van der Waals surface area contributed by atoms with Crippen molar-refractivity contribution in [3.8, 4) is 5.75 Å². The summed E-state index contributed by atoms with van der Waals surface area (Å²) in [4.78, 5) is 12.4. The van der Waals surface area contributed by atoms with Crippen LogP contribution in [0.5, 0.6) is 5.75 Å². The summed E-state index contributed by atoms with van der Waals surface area (Å²) in [5.74, 6) is 0.283. The molecule has 2 aromatic rings. The highest BCUT2D eigenvalue weighted by Gasteiger charge is 2.12. The first-order valence-corrected chi connectivity index (χ1v) is 8.90. The standard InChI is InChI=1S/C18H18Cl2N2O2S/c1-3-11(2)24-13-7-4-6-12(10-13)17(23)22-18(25)21-16-14(19)8-5-9-15(16)20/h4-11H,3H2,1-2H3,(H2,21,22,23,25). The van der Waals surface area contributed by atoms with E-state index in [1.165, 1.54) is 0 Å². The number of hydrogen-bond donors (Lipinski definition) is 2. The lowest BCUT2D eigenvalue weighted by Gasteiger charge is -2.14. The maximum atomic E-state index is 12.4. The fraction of sp³-hybridized carbons (Fsp3) is 0.222. The van der Waals surface area contributed by atoms with E-state index in [0.717, 1.165) is 6.42 Å². The first kappa shape index (κ1) is 19.5. The van der Waals surface area contributed by atoms with Gasteiger partial charge >= 0.3 is 0 Å². The second-order valence-electron chi connectivity index (χ2n) is 5.37. The smallest absolute Gasteiger partial charge is 0.257 e. The first-order chi connectivity index (χ1) is 11.9. The predicted octanol–water partition coefficient (Wildman–Crippen LogP) is 5.30. The van der Waals surface area contributed by atoms with Gasteiger partial charge in [-0.2, -0.15) is 0 Å². The Hall–Kier alpha value is -1.82. The molecule has 25 heavy (non-hydrogen) atoms. The van der Waals surface area contributed by atoms with Crippen LogP contribution in [0.25, 0.3) is 0 Å². The van der Waals surface area contributed by atoms with E-state index in [1.54, 1.807) is 36.4 Å². The van der Waals surface area contributed by atoms with Gasteiger partial charge in [0.2, 0.25) is 0 Å². The summed E-state index contributed by atoms with van der Waals surface area (Å²) in [6.45, 7) is 4.00. The monoisotopic (exact) mass is 396 g/mol. The number of ether oxygens (including phenoxy) is 1. The molecule has 0 heterocycles. The Labute approximate surface area is 162 Å². The number of benzene rings is 2. The summed E-state index contributed by atoms with van der Waals surface area (Å²) in [6.07, 6.45) is 0.951. The molecule has 0 aliphatic rings. The van der Waals surface area contributed by atoms with E-state index in [-0.39, 0.29) is 17.1 Å². The molecule has 0 spiro atoms. The fourth-order valence-electron chi connectivity index (χ4n) is 1.96. The number of halogens is 2. The Morgan fingerprint density at radius 2 is 1.84 bits per heavy atom. The Morgan fingerprint density at radius 3 is 2.48 bits per heavy atom. The third kappa shape index (κ3) is 5.59. The molecule has 7 heteroatoms. The first-order valence-electron chi connectivity index (χ1n) is 7.73. The largest absolute Gasteiger partial charge is 0.491 e. The van der Waals surface area contributed by atoms with Crippen LogP contribution in [0.3, 0.4) is 0 Å². The lowest BCUT2D eigenvalue weighted by Crippen LogP contribution is -2.34. The average molecular weight is 397 g/mol. The van der Waals surface area contributed by atoms with Crippen molar-refractivity contribution in [2.75, 3.05) is 5.32 Å². The number of nitrogens with one attached hydrogen (secondary N) is 2. The van der Waals surface area contributed by atoms with Gasteiger partial charge in [0.05, 0.1) is 21.8 Å². The highest BCUT2D eigenvalue weighted by molar-refractivity contribution is 7.80. The van der Waals surface area contributed by atoms with Crippen molar-refractivity contribution in [1.82, 2.24) is 5.32 Å². The Morgan fingerprint density at radius 1 is 1.20 bits per heavy atom. The molecule has 0 aromatic heterocycles. The number of thiocarbonyl (C=S) groups is 1. The molecule has 2 rings (SSSR count). The second-order valence-corrected chi connectivity index (χ2v) is 6.59. The van der Waals surface area contributed by atoms with Gasteiger partial charge in [0.1, 0.15) is 5.75 Å². The molecule has 0 bridgehead atoms. The second kappa shape index (κ2) is 9.04. The van der Waals surface area contributed by atoms with Crippen LogP contribution in [0.15, 0.2) is 42.5 Å². The number of anilines is 1. The Kier molecular flexibility index (Phi) is 7.05. The van der Waals surface area contributed by atoms with Crippen LogP contribution in [-0.2, 0) is 0 Å². The topological polar surface area (TPSA) is 50.4 Å².